The molecule has 0 heterocycles. The first-order chi connectivity index (χ1) is 4.77. The number of rotatable bonds is 4. The highest BCUT2D eigenvalue weighted by Gasteiger charge is 1.86. The summed E-state index contributed by atoms with van der Waals surface area (Å²) in [6, 6.07) is 0. The zero-order valence-electron chi connectivity index (χ0n) is 6.80. The van der Waals surface area contributed by atoms with Crippen LogP contribution in [-0.2, 0) is 0 Å². The average Bonchev–Trinajstić information content (AvgIpc) is 1.92. The minimum atomic E-state index is 0.901. The molecule has 0 unspecified atom stereocenters. The zero-order valence-corrected chi connectivity index (χ0v) is 6.80. The molecule has 0 radical (unpaired) electrons. The van der Waals surface area contributed by atoms with Gasteiger partial charge in [0.1, 0.15) is 0 Å². The second-order valence-electron chi connectivity index (χ2n) is 2.11. The maximum atomic E-state index is 5.05. The van der Waals surface area contributed by atoms with Gasteiger partial charge in [-0.15, -0.1) is 0 Å². The summed E-state index contributed by atoms with van der Waals surface area (Å²) in [5, 5.41) is 0. The molecule has 0 amide bonds. The molecule has 0 saturated carbocycles. The maximum Gasteiger partial charge on any atom is 0.0110 e. The van der Waals surface area contributed by atoms with Gasteiger partial charge in [0.05, 0.1) is 0 Å². The third-order valence-electron chi connectivity index (χ3n) is 0.926. The third kappa shape index (κ3) is 15.7. The van der Waals surface area contributed by atoms with E-state index in [1.807, 2.05) is 0 Å². The third-order valence-corrected chi connectivity index (χ3v) is 0.926. The van der Waals surface area contributed by atoms with Crippen LogP contribution in [-0.4, -0.2) is 32.1 Å². The monoisotopic (exact) mass is 149 g/mol. The lowest BCUT2D eigenvalue weighted by Crippen LogP contribution is -2.26. The van der Waals surface area contributed by atoms with Crippen LogP contribution in [0.3, 0.4) is 0 Å². The Morgan fingerprint density at radius 2 is 1.80 bits per heavy atom. The molecule has 0 fully saturated rings. The molecule has 64 valence electrons. The van der Waals surface area contributed by atoms with E-state index in [0.717, 1.165) is 19.5 Å². The fraction of sp³-hybridized carbons (Fsp3) is 1.00. The molecule has 0 aliphatic rings. The van der Waals surface area contributed by atoms with E-state index in [4.69, 9.17) is 5.84 Å². The van der Waals surface area contributed by atoms with Crippen molar-refractivity contribution >= 4 is 0 Å². The molecule has 0 aromatic carbocycles. The second kappa shape index (κ2) is 11.6. The van der Waals surface area contributed by atoms with Gasteiger partial charge >= 0.3 is 0 Å². The summed E-state index contributed by atoms with van der Waals surface area (Å²) >= 11 is 0. The van der Waals surface area contributed by atoms with Crippen LogP contribution in [0, 0.1) is 0 Å². The molecule has 0 aliphatic carbocycles. The molecule has 0 aromatic heterocycles. The van der Waals surface area contributed by atoms with Gasteiger partial charge in [-0.2, -0.15) is 0 Å². The summed E-state index contributed by atoms with van der Waals surface area (Å²) in [4.78, 5) is 2.14. The van der Waals surface area contributed by atoms with Crippen LogP contribution in [0.25, 0.3) is 0 Å². The second-order valence-corrected chi connectivity index (χ2v) is 2.11. The first-order valence-electron chi connectivity index (χ1n) is 3.19. The van der Waals surface area contributed by atoms with Crippen molar-refractivity contribution in [2.24, 2.45) is 17.5 Å². The summed E-state index contributed by atoms with van der Waals surface area (Å²) in [5.74, 6) is 13.0. The van der Waals surface area contributed by atoms with Crippen LogP contribution in [0.2, 0.25) is 0 Å². The van der Waals surface area contributed by atoms with E-state index in [1.54, 1.807) is 0 Å². The number of nitrogens with zero attached hydrogens (tertiary/aromatic N) is 1. The van der Waals surface area contributed by atoms with Crippen molar-refractivity contribution in [3.8, 4) is 0 Å². The van der Waals surface area contributed by atoms with Gasteiger partial charge < -0.3 is 4.90 Å². The van der Waals surface area contributed by atoms with Crippen molar-refractivity contribution < 1.29 is 0 Å². The zero-order chi connectivity index (χ0) is 8.41. The van der Waals surface area contributed by atoms with Gasteiger partial charge in [-0.3, -0.25) is 23.0 Å². The fourth-order valence-corrected chi connectivity index (χ4v) is 0.497. The molecule has 0 rings (SSSR count). The van der Waals surface area contributed by atoms with Gasteiger partial charge in [-0.05, 0) is 27.1 Å². The van der Waals surface area contributed by atoms with Crippen LogP contribution in [0.1, 0.15) is 6.42 Å². The predicted octanol–water partition coefficient (Wildman–Crippen LogP) is -1.78. The van der Waals surface area contributed by atoms with E-state index < -0.39 is 0 Å². The highest BCUT2D eigenvalue weighted by Crippen LogP contribution is 1.77. The first kappa shape index (κ1) is 12.5. The van der Waals surface area contributed by atoms with E-state index in [-0.39, 0.29) is 0 Å². The molecule has 10 heavy (non-hydrogen) atoms. The first-order valence-corrected chi connectivity index (χ1v) is 3.19. The number of hydrogen-bond acceptors (Lipinski definition) is 5. The summed E-state index contributed by atoms with van der Waals surface area (Å²) in [6.45, 7) is 2.00. The lowest BCUT2D eigenvalue weighted by Gasteiger charge is -2.07. The normalized spacial score (nSPS) is 9.00. The van der Waals surface area contributed by atoms with Crippen molar-refractivity contribution in [2.45, 2.75) is 6.42 Å². The highest BCUT2D eigenvalue weighted by molar-refractivity contribution is 4.44. The maximum absolute atomic E-state index is 5.05. The van der Waals surface area contributed by atoms with E-state index in [9.17, 15) is 0 Å². The Balaban J connectivity index is 0. The number of hydrazine groups is 2. The number of hydrogen-bond donors (Lipinski definition) is 4. The highest BCUT2D eigenvalue weighted by atomic mass is 15.2. The summed E-state index contributed by atoms with van der Waals surface area (Å²) in [7, 11) is 4.10. The molecule has 0 aromatic rings. The van der Waals surface area contributed by atoms with Gasteiger partial charge in [0.25, 0.3) is 0 Å². The number of nitrogens with two attached hydrogens (primary N) is 3. The average molecular weight is 149 g/mol. The minimum Gasteiger partial charge on any atom is -0.309 e. The topological polar surface area (TPSA) is 93.3 Å². The summed E-state index contributed by atoms with van der Waals surface area (Å²) in [5.41, 5.74) is 2.60. The van der Waals surface area contributed by atoms with Crippen molar-refractivity contribution in [2.75, 3.05) is 27.2 Å². The number of nitrogens with one attached hydrogen (secondary N) is 1. The Kier molecular flexibility index (Phi) is 14.4. The van der Waals surface area contributed by atoms with Gasteiger partial charge in [-0.25, -0.2) is 0 Å². The van der Waals surface area contributed by atoms with E-state index in [0.29, 0.717) is 0 Å². The predicted molar refractivity (Wildman–Crippen MR) is 43.7 cm³/mol. The molecule has 0 aliphatic heterocycles. The molecule has 0 saturated heterocycles. The summed E-state index contributed by atoms with van der Waals surface area (Å²) in [6.07, 6.45) is 1.11. The van der Waals surface area contributed by atoms with Gasteiger partial charge in [0.2, 0.25) is 0 Å². The quantitative estimate of drug-likeness (QED) is 0.215. The Morgan fingerprint density at radius 1 is 1.30 bits per heavy atom. The molecule has 5 nitrogen and oxygen atoms in total. The molecular formula is C5H19N5. The SMILES string of the molecule is CN(C)CCCNN.NN. The Hall–Kier alpha value is -0.200. The van der Waals surface area contributed by atoms with Gasteiger partial charge in [-0.1, -0.05) is 0 Å². The van der Waals surface area contributed by atoms with Gasteiger partial charge in [0.15, 0.2) is 0 Å². The summed E-state index contributed by atoms with van der Waals surface area (Å²) < 4.78 is 0. The Bertz CT molecular complexity index is 47.3. The van der Waals surface area contributed by atoms with Crippen LogP contribution in [0.15, 0.2) is 0 Å². The molecule has 0 spiro atoms. The minimum absolute atomic E-state index is 0.901. The fourth-order valence-electron chi connectivity index (χ4n) is 0.497. The van der Waals surface area contributed by atoms with Crippen molar-refractivity contribution in [3.05, 3.63) is 0 Å². The lowest BCUT2D eigenvalue weighted by atomic mass is 10.4. The molecule has 0 bridgehead atoms. The lowest BCUT2D eigenvalue weighted by molar-refractivity contribution is 0.395. The van der Waals surface area contributed by atoms with E-state index in [2.05, 4.69) is 36.1 Å². The van der Waals surface area contributed by atoms with Crippen LogP contribution in [0.4, 0.5) is 0 Å². The van der Waals surface area contributed by atoms with Crippen molar-refractivity contribution in [1.82, 2.24) is 10.3 Å². The Labute approximate surface area is 62.5 Å². The van der Waals surface area contributed by atoms with Crippen molar-refractivity contribution in [1.29, 1.82) is 0 Å². The van der Waals surface area contributed by atoms with Gasteiger partial charge in [0, 0.05) is 6.54 Å². The standard InChI is InChI=1S/C5H15N3.H4N2/c1-8(2)5-3-4-7-6;1-2/h7H,3-6H2,1-2H3;1-2H2. The van der Waals surface area contributed by atoms with Crippen LogP contribution < -0.4 is 23.0 Å². The van der Waals surface area contributed by atoms with Crippen LogP contribution >= 0.6 is 0 Å². The largest absolute Gasteiger partial charge is 0.309 e. The smallest absolute Gasteiger partial charge is 0.0110 e. The molecule has 5 heteroatoms. The molecule has 0 atom stereocenters. The van der Waals surface area contributed by atoms with Crippen LogP contribution in [0.5, 0.6) is 0 Å². The van der Waals surface area contributed by atoms with E-state index >= 15 is 0 Å². The molecular weight excluding hydrogens is 130 g/mol. The molecule has 7 N–H and O–H groups in total. The van der Waals surface area contributed by atoms with Crippen molar-refractivity contribution in [3.63, 3.8) is 0 Å². The Morgan fingerprint density at radius 3 is 2.10 bits per heavy atom. The van der Waals surface area contributed by atoms with E-state index in [1.165, 1.54) is 0 Å².